The third kappa shape index (κ3) is 5.41. The lowest BCUT2D eigenvalue weighted by Gasteiger charge is -2.30. The van der Waals surface area contributed by atoms with Crippen molar-refractivity contribution in [1.82, 2.24) is 15.4 Å². The number of hydrogen-bond donors (Lipinski definition) is 3. The fourth-order valence-corrected chi connectivity index (χ4v) is 5.75. The second kappa shape index (κ2) is 9.08. The van der Waals surface area contributed by atoms with E-state index in [-0.39, 0.29) is 28.2 Å². The van der Waals surface area contributed by atoms with E-state index in [1.807, 2.05) is 24.3 Å². The first-order chi connectivity index (χ1) is 14.8. The topological polar surface area (TPSA) is 87.3 Å². The van der Waals surface area contributed by atoms with Gasteiger partial charge in [0, 0.05) is 41.1 Å². The van der Waals surface area contributed by atoms with Crippen LogP contribution in [0.25, 0.3) is 0 Å². The standard InChI is InChI=1S/C22H25Cl2N3O3S/c23-17-6-4-16(5-7-17)22(8-9-22)14-26-21(28)15-10-19(13-25-12-15)27-31(29,30)20-3-1-2-18(24)11-20/h1-7,11,15,19,25,27H,8-10,12-14H2,(H,26,28). The second-order valence-corrected chi connectivity index (χ2v) is 11.0. The average molecular weight is 482 g/mol. The first kappa shape index (κ1) is 22.6. The van der Waals surface area contributed by atoms with E-state index < -0.39 is 10.0 Å². The number of hydrogen-bond acceptors (Lipinski definition) is 4. The van der Waals surface area contributed by atoms with Gasteiger partial charge < -0.3 is 10.6 Å². The molecule has 2 aliphatic rings. The minimum Gasteiger partial charge on any atom is -0.355 e. The molecule has 9 heteroatoms. The average Bonchev–Trinajstić information content (AvgIpc) is 3.53. The Morgan fingerprint density at radius 1 is 1.06 bits per heavy atom. The Morgan fingerprint density at radius 2 is 1.81 bits per heavy atom. The first-order valence-corrected chi connectivity index (χ1v) is 12.5. The highest BCUT2D eigenvalue weighted by Crippen LogP contribution is 2.47. The Bertz CT molecular complexity index is 1060. The lowest BCUT2D eigenvalue weighted by Crippen LogP contribution is -2.52. The second-order valence-electron chi connectivity index (χ2n) is 8.37. The largest absolute Gasteiger partial charge is 0.355 e. The van der Waals surface area contributed by atoms with E-state index in [1.165, 1.54) is 17.7 Å². The highest BCUT2D eigenvalue weighted by Gasteiger charge is 2.44. The Kier molecular flexibility index (Phi) is 6.60. The van der Waals surface area contributed by atoms with Crippen molar-refractivity contribution in [3.63, 3.8) is 0 Å². The molecular weight excluding hydrogens is 457 g/mol. The van der Waals surface area contributed by atoms with Gasteiger partial charge in [0.15, 0.2) is 0 Å². The van der Waals surface area contributed by atoms with Crippen LogP contribution in [0.3, 0.4) is 0 Å². The lowest BCUT2D eigenvalue weighted by molar-refractivity contribution is -0.125. The maximum atomic E-state index is 12.8. The maximum absolute atomic E-state index is 12.8. The van der Waals surface area contributed by atoms with Crippen molar-refractivity contribution in [2.24, 2.45) is 5.92 Å². The van der Waals surface area contributed by atoms with Crippen LogP contribution in [0, 0.1) is 5.92 Å². The Balaban J connectivity index is 1.34. The number of nitrogens with one attached hydrogen (secondary N) is 3. The summed E-state index contributed by atoms with van der Waals surface area (Å²) in [6.45, 7) is 1.57. The van der Waals surface area contributed by atoms with Crippen LogP contribution in [0.5, 0.6) is 0 Å². The molecule has 2 fully saturated rings. The van der Waals surface area contributed by atoms with Gasteiger partial charge in [-0.25, -0.2) is 13.1 Å². The Hall–Kier alpha value is -1.64. The summed E-state index contributed by atoms with van der Waals surface area (Å²) in [7, 11) is -3.71. The molecule has 1 amide bonds. The van der Waals surface area contributed by atoms with Gasteiger partial charge >= 0.3 is 0 Å². The third-order valence-corrected chi connectivity index (χ3v) is 8.07. The summed E-state index contributed by atoms with van der Waals surface area (Å²) in [5, 5.41) is 7.31. The van der Waals surface area contributed by atoms with Gasteiger partial charge in [-0.3, -0.25) is 4.79 Å². The molecule has 1 saturated carbocycles. The molecule has 0 spiro atoms. The molecule has 0 aromatic heterocycles. The quantitative estimate of drug-likeness (QED) is 0.566. The molecule has 2 unspecified atom stereocenters. The molecule has 1 aliphatic heterocycles. The van der Waals surface area contributed by atoms with Crippen LogP contribution in [-0.4, -0.2) is 40.0 Å². The monoisotopic (exact) mass is 481 g/mol. The number of carbonyl (C=O) groups excluding carboxylic acids is 1. The van der Waals surface area contributed by atoms with Crippen LogP contribution in [0.4, 0.5) is 0 Å². The van der Waals surface area contributed by atoms with Gasteiger partial charge in [-0.2, -0.15) is 0 Å². The Labute approximate surface area is 192 Å². The number of sulfonamides is 1. The van der Waals surface area contributed by atoms with E-state index in [9.17, 15) is 13.2 Å². The van der Waals surface area contributed by atoms with Gasteiger partial charge in [0.05, 0.1) is 10.8 Å². The summed E-state index contributed by atoms with van der Waals surface area (Å²) in [4.78, 5) is 12.9. The zero-order valence-electron chi connectivity index (χ0n) is 16.9. The summed E-state index contributed by atoms with van der Waals surface area (Å²) in [6.07, 6.45) is 2.49. The SMILES string of the molecule is O=C(NCC1(c2ccc(Cl)cc2)CC1)C1CNCC(NS(=O)(=O)c2cccc(Cl)c2)C1. The fourth-order valence-electron chi connectivity index (χ4n) is 4.08. The van der Waals surface area contributed by atoms with Gasteiger partial charge in [0.25, 0.3) is 0 Å². The van der Waals surface area contributed by atoms with Crippen LogP contribution in [-0.2, 0) is 20.2 Å². The molecule has 1 aliphatic carbocycles. The minimum atomic E-state index is -3.71. The summed E-state index contributed by atoms with van der Waals surface area (Å²) < 4.78 is 28.0. The van der Waals surface area contributed by atoms with E-state index in [1.54, 1.807) is 12.1 Å². The molecule has 31 heavy (non-hydrogen) atoms. The highest BCUT2D eigenvalue weighted by atomic mass is 35.5. The molecule has 1 saturated heterocycles. The molecule has 2 atom stereocenters. The number of benzene rings is 2. The molecule has 6 nitrogen and oxygen atoms in total. The molecule has 3 N–H and O–H groups in total. The zero-order chi connectivity index (χ0) is 22.1. The smallest absolute Gasteiger partial charge is 0.240 e. The minimum absolute atomic E-state index is 0.0179. The molecular formula is C22H25Cl2N3O3S. The number of carbonyl (C=O) groups is 1. The van der Waals surface area contributed by atoms with Crippen molar-refractivity contribution in [3.8, 4) is 0 Å². The molecule has 0 radical (unpaired) electrons. The molecule has 0 bridgehead atoms. The predicted molar refractivity (Wildman–Crippen MR) is 122 cm³/mol. The van der Waals surface area contributed by atoms with Crippen molar-refractivity contribution in [2.75, 3.05) is 19.6 Å². The van der Waals surface area contributed by atoms with Gasteiger partial charge in [0.2, 0.25) is 15.9 Å². The molecule has 166 valence electrons. The summed E-state index contributed by atoms with van der Waals surface area (Å²) >= 11 is 11.9. The van der Waals surface area contributed by atoms with E-state index in [0.717, 1.165) is 12.8 Å². The van der Waals surface area contributed by atoms with Gasteiger partial charge in [-0.15, -0.1) is 0 Å². The molecule has 1 heterocycles. The molecule has 2 aromatic rings. The summed E-state index contributed by atoms with van der Waals surface area (Å²) in [6, 6.07) is 13.5. The van der Waals surface area contributed by atoms with Crippen molar-refractivity contribution in [1.29, 1.82) is 0 Å². The van der Waals surface area contributed by atoms with E-state index in [0.29, 0.717) is 36.1 Å². The number of halogens is 2. The van der Waals surface area contributed by atoms with Crippen molar-refractivity contribution < 1.29 is 13.2 Å². The van der Waals surface area contributed by atoms with Crippen molar-refractivity contribution >= 4 is 39.1 Å². The van der Waals surface area contributed by atoms with E-state index in [4.69, 9.17) is 23.2 Å². The van der Waals surface area contributed by atoms with Crippen LogP contribution in [0.1, 0.15) is 24.8 Å². The number of amides is 1. The van der Waals surface area contributed by atoms with Crippen LogP contribution in [0.2, 0.25) is 10.0 Å². The molecule has 2 aromatic carbocycles. The zero-order valence-corrected chi connectivity index (χ0v) is 19.2. The first-order valence-electron chi connectivity index (χ1n) is 10.3. The highest BCUT2D eigenvalue weighted by molar-refractivity contribution is 7.89. The molecule has 4 rings (SSSR count). The van der Waals surface area contributed by atoms with Crippen LogP contribution >= 0.6 is 23.2 Å². The summed E-state index contributed by atoms with van der Waals surface area (Å²) in [5.41, 5.74) is 1.17. The maximum Gasteiger partial charge on any atom is 0.240 e. The number of piperidine rings is 1. The van der Waals surface area contributed by atoms with Gasteiger partial charge in [0.1, 0.15) is 0 Å². The normalized spacial score (nSPS) is 22.6. The van der Waals surface area contributed by atoms with E-state index in [2.05, 4.69) is 15.4 Å². The third-order valence-electron chi connectivity index (χ3n) is 6.06. The lowest BCUT2D eigenvalue weighted by atomic mass is 9.93. The number of rotatable bonds is 7. The Morgan fingerprint density at radius 3 is 2.48 bits per heavy atom. The fraction of sp³-hybridized carbons (Fsp3) is 0.409. The van der Waals surface area contributed by atoms with Crippen LogP contribution in [0.15, 0.2) is 53.4 Å². The summed E-state index contributed by atoms with van der Waals surface area (Å²) in [5.74, 6) is -0.360. The van der Waals surface area contributed by atoms with Gasteiger partial charge in [-0.1, -0.05) is 41.4 Å². The van der Waals surface area contributed by atoms with E-state index >= 15 is 0 Å². The predicted octanol–water partition coefficient (Wildman–Crippen LogP) is 3.10. The van der Waals surface area contributed by atoms with Crippen LogP contribution < -0.4 is 15.4 Å². The van der Waals surface area contributed by atoms with Gasteiger partial charge in [-0.05, 0) is 55.2 Å². The van der Waals surface area contributed by atoms with Crippen molar-refractivity contribution in [3.05, 3.63) is 64.1 Å². The van der Waals surface area contributed by atoms with Crippen molar-refractivity contribution in [2.45, 2.75) is 35.6 Å².